The summed E-state index contributed by atoms with van der Waals surface area (Å²) in [6.07, 6.45) is 4.00. The topological polar surface area (TPSA) is 48.1 Å². The van der Waals surface area contributed by atoms with E-state index in [9.17, 15) is 0 Å². The number of ether oxygens (including phenoxy) is 1. The van der Waals surface area contributed by atoms with Gasteiger partial charge >= 0.3 is 0 Å². The molecule has 0 bridgehead atoms. The predicted octanol–water partition coefficient (Wildman–Crippen LogP) is 4.42. The lowest BCUT2D eigenvalue weighted by Gasteiger charge is -2.23. The summed E-state index contributed by atoms with van der Waals surface area (Å²) < 4.78 is 7.59. The monoisotopic (exact) mass is 360 g/mol. The second-order valence-electron chi connectivity index (χ2n) is 4.09. The molecule has 6 heteroatoms. The summed E-state index contributed by atoms with van der Waals surface area (Å²) in [4.78, 5) is 5.11. The summed E-state index contributed by atoms with van der Waals surface area (Å²) >= 11 is 10.8. The maximum absolute atomic E-state index is 6.15. The predicted molar refractivity (Wildman–Crippen MR) is 82.9 cm³/mol. The van der Waals surface area contributed by atoms with Gasteiger partial charge in [-0.3, -0.25) is 4.98 Å². The first-order valence-electron chi connectivity index (χ1n) is 5.88. The van der Waals surface area contributed by atoms with Gasteiger partial charge in [-0.25, -0.2) is 0 Å². The fraction of sp³-hybridized carbons (Fsp3) is 0.308. The number of nitrogens with two attached hydrogens (primary N) is 1. The largest absolute Gasteiger partial charge is 0.482 e. The molecule has 2 unspecified atom stereocenters. The quantitative estimate of drug-likeness (QED) is 0.857. The molecule has 0 aliphatic rings. The van der Waals surface area contributed by atoms with Crippen LogP contribution in [0.2, 0.25) is 4.34 Å². The minimum absolute atomic E-state index is 0.0892. The van der Waals surface area contributed by atoms with Gasteiger partial charge in [-0.15, -0.1) is 11.3 Å². The lowest BCUT2D eigenvalue weighted by atomic mass is 10.1. The molecule has 2 heterocycles. The molecule has 0 saturated carbocycles. The Morgan fingerprint density at radius 1 is 1.47 bits per heavy atom. The Balaban J connectivity index is 2.24. The Labute approximate surface area is 129 Å². The molecule has 0 fully saturated rings. The van der Waals surface area contributed by atoms with E-state index < -0.39 is 0 Å². The molecule has 2 aromatic heterocycles. The highest BCUT2D eigenvalue weighted by molar-refractivity contribution is 9.10. The third kappa shape index (κ3) is 3.92. The molecule has 2 N–H and O–H groups in total. The van der Waals surface area contributed by atoms with E-state index in [1.807, 2.05) is 25.1 Å². The average molecular weight is 362 g/mol. The SMILES string of the molecule is CCC(N)C(Oc1cncc(Br)c1)c1ccc(Cl)s1. The summed E-state index contributed by atoms with van der Waals surface area (Å²) in [5.74, 6) is 0.688. The molecule has 0 amide bonds. The van der Waals surface area contributed by atoms with E-state index in [0.717, 1.165) is 20.1 Å². The number of thiophene rings is 1. The van der Waals surface area contributed by atoms with Gasteiger partial charge in [0.25, 0.3) is 0 Å². The lowest BCUT2D eigenvalue weighted by Crippen LogP contribution is -2.30. The zero-order valence-corrected chi connectivity index (χ0v) is 13.5. The first kappa shape index (κ1) is 14.8. The molecule has 0 radical (unpaired) electrons. The number of pyridine rings is 1. The zero-order chi connectivity index (χ0) is 13.8. The minimum atomic E-state index is -0.210. The molecule has 102 valence electrons. The molecule has 0 saturated heterocycles. The van der Waals surface area contributed by atoms with Crippen LogP contribution in [0, 0.1) is 0 Å². The molecule has 19 heavy (non-hydrogen) atoms. The van der Waals surface area contributed by atoms with E-state index >= 15 is 0 Å². The van der Waals surface area contributed by atoms with Crippen LogP contribution in [0.5, 0.6) is 5.75 Å². The van der Waals surface area contributed by atoms with Crippen LogP contribution in [0.25, 0.3) is 0 Å². The molecule has 0 aliphatic carbocycles. The van der Waals surface area contributed by atoms with Gasteiger partial charge in [-0.1, -0.05) is 18.5 Å². The van der Waals surface area contributed by atoms with Gasteiger partial charge in [0.05, 0.1) is 10.5 Å². The fourth-order valence-corrected chi connectivity index (χ4v) is 3.17. The summed E-state index contributed by atoms with van der Waals surface area (Å²) in [5.41, 5.74) is 6.15. The first-order valence-corrected chi connectivity index (χ1v) is 7.87. The summed E-state index contributed by atoms with van der Waals surface area (Å²) in [5, 5.41) is 0. The van der Waals surface area contributed by atoms with Gasteiger partial charge in [0.1, 0.15) is 11.9 Å². The second kappa shape index (κ2) is 6.70. The highest BCUT2D eigenvalue weighted by Crippen LogP contribution is 2.33. The number of hydrogen-bond acceptors (Lipinski definition) is 4. The van der Waals surface area contributed by atoms with Gasteiger partial charge in [0, 0.05) is 21.6 Å². The van der Waals surface area contributed by atoms with Crippen LogP contribution >= 0.6 is 38.9 Å². The molecular formula is C13H14BrClN2OS. The number of rotatable bonds is 5. The fourth-order valence-electron chi connectivity index (χ4n) is 1.66. The van der Waals surface area contributed by atoms with Crippen LogP contribution in [0.15, 0.2) is 35.1 Å². The van der Waals surface area contributed by atoms with Crippen molar-refractivity contribution in [2.24, 2.45) is 5.73 Å². The smallest absolute Gasteiger partial charge is 0.148 e. The van der Waals surface area contributed by atoms with E-state index in [1.165, 1.54) is 11.3 Å². The van der Waals surface area contributed by atoms with Crippen molar-refractivity contribution >= 4 is 38.9 Å². The van der Waals surface area contributed by atoms with Crippen molar-refractivity contribution in [3.63, 3.8) is 0 Å². The van der Waals surface area contributed by atoms with Crippen molar-refractivity contribution in [3.8, 4) is 5.75 Å². The van der Waals surface area contributed by atoms with Crippen LogP contribution in [0.4, 0.5) is 0 Å². The van der Waals surface area contributed by atoms with E-state index in [2.05, 4.69) is 20.9 Å². The van der Waals surface area contributed by atoms with Gasteiger partial charge in [0.15, 0.2) is 0 Å². The summed E-state index contributed by atoms with van der Waals surface area (Å²) in [7, 11) is 0. The Kier molecular flexibility index (Phi) is 5.21. The molecule has 2 rings (SSSR count). The number of halogens is 2. The second-order valence-corrected chi connectivity index (χ2v) is 6.75. The van der Waals surface area contributed by atoms with Gasteiger partial charge in [-0.05, 0) is 40.5 Å². The van der Waals surface area contributed by atoms with Crippen molar-refractivity contribution in [3.05, 3.63) is 44.3 Å². The van der Waals surface area contributed by atoms with Crippen molar-refractivity contribution in [2.45, 2.75) is 25.5 Å². The van der Waals surface area contributed by atoms with Crippen LogP contribution in [-0.4, -0.2) is 11.0 Å². The average Bonchev–Trinajstić information content (AvgIpc) is 2.81. The zero-order valence-electron chi connectivity index (χ0n) is 10.3. The third-order valence-electron chi connectivity index (χ3n) is 2.68. The van der Waals surface area contributed by atoms with Gasteiger partial charge < -0.3 is 10.5 Å². The summed E-state index contributed by atoms with van der Waals surface area (Å²) in [6, 6.07) is 5.60. The number of aromatic nitrogens is 1. The van der Waals surface area contributed by atoms with Crippen LogP contribution in [0.1, 0.15) is 24.3 Å². The van der Waals surface area contributed by atoms with E-state index in [0.29, 0.717) is 5.75 Å². The first-order chi connectivity index (χ1) is 9.10. The van der Waals surface area contributed by atoms with E-state index in [1.54, 1.807) is 12.4 Å². The van der Waals surface area contributed by atoms with Gasteiger partial charge in [0.2, 0.25) is 0 Å². The molecule has 0 aromatic carbocycles. The van der Waals surface area contributed by atoms with Crippen molar-refractivity contribution < 1.29 is 4.74 Å². The van der Waals surface area contributed by atoms with Crippen molar-refractivity contribution in [1.29, 1.82) is 0 Å². The van der Waals surface area contributed by atoms with Crippen LogP contribution < -0.4 is 10.5 Å². The normalized spacial score (nSPS) is 14.1. The number of hydrogen-bond donors (Lipinski definition) is 1. The molecule has 0 aliphatic heterocycles. The molecule has 2 atom stereocenters. The highest BCUT2D eigenvalue weighted by atomic mass is 79.9. The van der Waals surface area contributed by atoms with Gasteiger partial charge in [-0.2, -0.15) is 0 Å². The van der Waals surface area contributed by atoms with Crippen molar-refractivity contribution in [1.82, 2.24) is 4.98 Å². The Hall–Kier alpha value is -0.620. The Morgan fingerprint density at radius 2 is 2.26 bits per heavy atom. The highest BCUT2D eigenvalue weighted by Gasteiger charge is 2.22. The van der Waals surface area contributed by atoms with Crippen LogP contribution in [-0.2, 0) is 0 Å². The minimum Gasteiger partial charge on any atom is -0.482 e. The Morgan fingerprint density at radius 3 is 2.84 bits per heavy atom. The third-order valence-corrected chi connectivity index (χ3v) is 4.40. The van der Waals surface area contributed by atoms with Crippen LogP contribution in [0.3, 0.4) is 0 Å². The maximum Gasteiger partial charge on any atom is 0.148 e. The standard InChI is InChI=1S/C13H14BrClN2OS/c1-2-10(16)13(11-3-4-12(15)19-11)18-9-5-8(14)6-17-7-9/h3-7,10,13H,2,16H2,1H3. The molecular weight excluding hydrogens is 348 g/mol. The van der Waals surface area contributed by atoms with E-state index in [4.69, 9.17) is 22.1 Å². The number of nitrogens with zero attached hydrogens (tertiary/aromatic N) is 1. The summed E-state index contributed by atoms with van der Waals surface area (Å²) in [6.45, 7) is 2.04. The molecule has 2 aromatic rings. The maximum atomic E-state index is 6.15. The molecule has 0 spiro atoms. The Bertz CT molecular complexity index is 549. The molecule has 3 nitrogen and oxygen atoms in total. The van der Waals surface area contributed by atoms with Crippen molar-refractivity contribution in [2.75, 3.05) is 0 Å². The lowest BCUT2D eigenvalue weighted by molar-refractivity contribution is 0.174. The van der Waals surface area contributed by atoms with E-state index in [-0.39, 0.29) is 12.1 Å².